The number of imidazole rings is 1. The third-order valence-electron chi connectivity index (χ3n) is 8.12. The molecular weight excluding hydrogens is 436 g/mol. The molecule has 0 amide bonds. The first kappa shape index (κ1) is 30.7. The second-order valence-corrected chi connectivity index (χ2v) is 11.3. The maximum atomic E-state index is 3.31. The van der Waals surface area contributed by atoms with Crippen LogP contribution in [0.4, 0.5) is 0 Å². The lowest BCUT2D eigenvalue weighted by Crippen LogP contribution is -2.42. The highest BCUT2D eigenvalue weighted by atomic mass is 15.1. The van der Waals surface area contributed by atoms with Crippen LogP contribution in [0, 0.1) is 5.92 Å². The first-order valence-corrected chi connectivity index (χ1v) is 15.9. The van der Waals surface area contributed by atoms with Crippen LogP contribution in [0.5, 0.6) is 0 Å². The Morgan fingerprint density at radius 3 is 1.64 bits per heavy atom. The Labute approximate surface area is 224 Å². The van der Waals surface area contributed by atoms with Gasteiger partial charge >= 0.3 is 0 Å². The highest BCUT2D eigenvalue weighted by Crippen LogP contribution is 2.28. The fraction of sp³-hybridized carbons (Fsp3) is 0.735. The quantitative estimate of drug-likeness (QED) is 0.110. The third kappa shape index (κ3) is 14.2. The molecule has 204 valence electrons. The van der Waals surface area contributed by atoms with Gasteiger partial charge in [-0.25, -0.2) is 4.57 Å². The van der Waals surface area contributed by atoms with Crippen molar-refractivity contribution in [2.24, 2.45) is 5.92 Å². The average Bonchev–Trinajstić information content (AvgIpc) is 3.43. The molecule has 1 heterocycles. The first-order valence-electron chi connectivity index (χ1n) is 15.9. The number of hydrogen-bond acceptors (Lipinski definition) is 0. The van der Waals surface area contributed by atoms with Gasteiger partial charge in [-0.15, -0.1) is 0 Å². The van der Waals surface area contributed by atoms with Gasteiger partial charge in [-0.2, -0.15) is 0 Å². The second-order valence-electron chi connectivity index (χ2n) is 11.3. The van der Waals surface area contributed by atoms with Crippen LogP contribution < -0.4 is 4.57 Å². The van der Waals surface area contributed by atoms with Gasteiger partial charge < -0.3 is 0 Å². The smallest absolute Gasteiger partial charge is 0.241 e. The van der Waals surface area contributed by atoms with E-state index >= 15 is 0 Å². The molecule has 2 aromatic rings. The van der Waals surface area contributed by atoms with Gasteiger partial charge in [0.15, 0.2) is 0 Å². The van der Waals surface area contributed by atoms with Gasteiger partial charge in [-0.05, 0) is 31.2 Å². The van der Waals surface area contributed by atoms with Crippen molar-refractivity contribution < 1.29 is 4.57 Å². The number of aromatic nitrogens is 2. The molecule has 1 aromatic heterocycles. The zero-order chi connectivity index (χ0) is 25.5. The number of nitrogens with zero attached hydrogens (tertiary/aromatic N) is 1. The van der Waals surface area contributed by atoms with E-state index < -0.39 is 0 Å². The summed E-state index contributed by atoms with van der Waals surface area (Å²) in [7, 11) is 0. The van der Waals surface area contributed by atoms with Crippen molar-refractivity contribution in [2.75, 3.05) is 0 Å². The van der Waals surface area contributed by atoms with Crippen molar-refractivity contribution in [3.8, 4) is 0 Å². The highest BCUT2D eigenvalue weighted by molar-refractivity contribution is 5.15. The standard InChI is InChI=1S/C34H58N2/c1-3-5-7-8-9-10-11-12-13-14-15-16-17-18-23-27-34(36-29-28-35-31-36)33(26-20-6-4-2)30-32-24-21-19-22-25-32/h19,21-22,24-25,28-29,31,33-34H,3-18,20,23,26-27,30H2,1-2H3/p+1. The monoisotopic (exact) mass is 495 g/mol. The first-order chi connectivity index (χ1) is 17.8. The van der Waals surface area contributed by atoms with E-state index in [0.29, 0.717) is 12.0 Å². The van der Waals surface area contributed by atoms with Crippen LogP contribution in [0.3, 0.4) is 0 Å². The molecule has 0 radical (unpaired) electrons. The summed E-state index contributed by atoms with van der Waals surface area (Å²) in [6.45, 7) is 4.62. The van der Waals surface area contributed by atoms with E-state index in [1.165, 1.54) is 140 Å². The molecule has 0 bridgehead atoms. The van der Waals surface area contributed by atoms with Crippen LogP contribution in [-0.2, 0) is 6.42 Å². The number of unbranched alkanes of at least 4 members (excludes halogenated alkanes) is 16. The number of hydrogen-bond donors (Lipinski definition) is 1. The highest BCUT2D eigenvalue weighted by Gasteiger charge is 2.26. The van der Waals surface area contributed by atoms with Crippen LogP contribution in [-0.4, -0.2) is 4.98 Å². The van der Waals surface area contributed by atoms with Crippen LogP contribution in [0.25, 0.3) is 0 Å². The Balaban J connectivity index is 1.65. The summed E-state index contributed by atoms with van der Waals surface area (Å²) in [5.41, 5.74) is 1.50. The van der Waals surface area contributed by atoms with Crippen molar-refractivity contribution in [3.05, 3.63) is 54.6 Å². The largest absolute Gasteiger partial charge is 0.250 e. The van der Waals surface area contributed by atoms with Crippen LogP contribution >= 0.6 is 0 Å². The van der Waals surface area contributed by atoms with Crippen LogP contribution in [0.2, 0.25) is 0 Å². The molecule has 0 aliphatic carbocycles. The van der Waals surface area contributed by atoms with Gasteiger partial charge in [0.1, 0.15) is 18.4 Å². The predicted octanol–water partition coefficient (Wildman–Crippen LogP) is 10.5. The fourth-order valence-electron chi connectivity index (χ4n) is 5.86. The van der Waals surface area contributed by atoms with Gasteiger partial charge in [-0.3, -0.25) is 4.98 Å². The molecule has 0 aliphatic rings. The fourth-order valence-corrected chi connectivity index (χ4v) is 5.86. The Hall–Kier alpha value is -1.57. The van der Waals surface area contributed by atoms with Crippen molar-refractivity contribution in [3.63, 3.8) is 0 Å². The van der Waals surface area contributed by atoms with Gasteiger partial charge in [0.05, 0.1) is 0 Å². The van der Waals surface area contributed by atoms with E-state index in [1.54, 1.807) is 0 Å². The minimum Gasteiger partial charge on any atom is -0.250 e. The SMILES string of the molecule is CCCCCCCCCCCCCCCCCC(C(CCCCC)Cc1ccccc1)[n+]1cc[nH]c1. The lowest BCUT2D eigenvalue weighted by atomic mass is 9.84. The Morgan fingerprint density at radius 2 is 1.11 bits per heavy atom. The van der Waals surface area contributed by atoms with E-state index in [0.717, 1.165) is 0 Å². The van der Waals surface area contributed by atoms with Gasteiger partial charge in [-0.1, -0.05) is 153 Å². The minimum absolute atomic E-state index is 0.607. The summed E-state index contributed by atoms with van der Waals surface area (Å²) < 4.78 is 2.48. The lowest BCUT2D eigenvalue weighted by Gasteiger charge is -2.25. The summed E-state index contributed by atoms with van der Waals surface area (Å²) in [4.78, 5) is 3.31. The maximum Gasteiger partial charge on any atom is 0.241 e. The number of H-pyrrole nitrogens is 1. The van der Waals surface area contributed by atoms with Crippen LogP contribution in [0.1, 0.15) is 154 Å². The van der Waals surface area contributed by atoms with E-state index in [-0.39, 0.29) is 0 Å². The Bertz CT molecular complexity index is 693. The second kappa shape index (κ2) is 21.5. The predicted molar refractivity (Wildman–Crippen MR) is 157 cm³/mol. The van der Waals surface area contributed by atoms with E-state index in [1.807, 2.05) is 0 Å². The molecule has 2 atom stereocenters. The normalized spacial score (nSPS) is 13.2. The zero-order valence-electron chi connectivity index (χ0n) is 24.1. The maximum absolute atomic E-state index is 3.31. The van der Waals surface area contributed by atoms with E-state index in [4.69, 9.17) is 0 Å². The van der Waals surface area contributed by atoms with Crippen LogP contribution in [0.15, 0.2) is 49.1 Å². The number of aromatic amines is 1. The summed E-state index contributed by atoms with van der Waals surface area (Å²) >= 11 is 0. The minimum atomic E-state index is 0.607. The zero-order valence-corrected chi connectivity index (χ0v) is 24.1. The Morgan fingerprint density at radius 1 is 0.611 bits per heavy atom. The molecule has 36 heavy (non-hydrogen) atoms. The average molecular weight is 496 g/mol. The molecule has 2 heteroatoms. The number of rotatable bonds is 24. The molecule has 0 saturated carbocycles. The molecule has 0 spiro atoms. The Kier molecular flexibility index (Phi) is 18.3. The topological polar surface area (TPSA) is 19.7 Å². The molecular formula is C34H59N2+. The van der Waals surface area contributed by atoms with Gasteiger partial charge in [0, 0.05) is 5.92 Å². The van der Waals surface area contributed by atoms with E-state index in [2.05, 4.69) is 72.5 Å². The molecule has 2 rings (SSSR count). The summed E-state index contributed by atoms with van der Waals surface area (Å²) in [6.07, 6.45) is 35.9. The van der Waals surface area contributed by atoms with Crippen molar-refractivity contribution >= 4 is 0 Å². The lowest BCUT2D eigenvalue weighted by molar-refractivity contribution is -0.730. The molecule has 1 N–H and O–H groups in total. The number of benzene rings is 1. The van der Waals surface area contributed by atoms with Crippen molar-refractivity contribution in [2.45, 2.75) is 155 Å². The molecule has 0 fully saturated rings. The molecule has 1 aromatic carbocycles. The number of nitrogens with one attached hydrogen (secondary N) is 1. The van der Waals surface area contributed by atoms with Crippen molar-refractivity contribution in [1.82, 2.24) is 4.98 Å². The van der Waals surface area contributed by atoms with Gasteiger partial charge in [0.25, 0.3) is 0 Å². The summed E-state index contributed by atoms with van der Waals surface area (Å²) in [6, 6.07) is 11.8. The van der Waals surface area contributed by atoms with Crippen molar-refractivity contribution in [1.29, 1.82) is 0 Å². The molecule has 2 nitrogen and oxygen atoms in total. The molecule has 0 saturated heterocycles. The van der Waals surface area contributed by atoms with Gasteiger partial charge in [0.2, 0.25) is 6.33 Å². The third-order valence-corrected chi connectivity index (χ3v) is 8.12. The molecule has 2 unspecified atom stereocenters. The molecule has 0 aliphatic heterocycles. The summed E-state index contributed by atoms with van der Waals surface area (Å²) in [5, 5.41) is 0. The summed E-state index contributed by atoms with van der Waals surface area (Å²) in [5.74, 6) is 0.714. The van der Waals surface area contributed by atoms with E-state index in [9.17, 15) is 0 Å².